The largest absolute Gasteiger partial charge is 0.494 e. The number of carbonyl (C=O) groups is 2. The second-order valence-electron chi connectivity index (χ2n) is 7.56. The summed E-state index contributed by atoms with van der Waals surface area (Å²) < 4.78 is 20.7. The fourth-order valence-electron chi connectivity index (χ4n) is 3.36. The molecule has 0 aliphatic heterocycles. The number of amides is 2. The van der Waals surface area contributed by atoms with E-state index in [1.807, 2.05) is 37.3 Å². The van der Waals surface area contributed by atoms with Crippen molar-refractivity contribution in [2.75, 3.05) is 17.7 Å². The van der Waals surface area contributed by atoms with Crippen LogP contribution >= 0.6 is 11.8 Å². The molecule has 184 valence electrons. The van der Waals surface area contributed by atoms with E-state index in [-0.39, 0.29) is 23.8 Å². The highest BCUT2D eigenvalue weighted by Gasteiger charge is 2.17. The van der Waals surface area contributed by atoms with Crippen molar-refractivity contribution in [3.8, 4) is 11.4 Å². The zero-order valence-corrected chi connectivity index (χ0v) is 20.3. The lowest BCUT2D eigenvalue weighted by Gasteiger charge is -2.11. The Bertz CT molecular complexity index is 1330. The van der Waals surface area contributed by atoms with Crippen LogP contribution in [0.1, 0.15) is 23.1 Å². The Balaban J connectivity index is 1.44. The van der Waals surface area contributed by atoms with Crippen molar-refractivity contribution in [1.29, 1.82) is 0 Å². The highest BCUT2D eigenvalue weighted by atomic mass is 32.2. The molecule has 4 aromatic rings. The van der Waals surface area contributed by atoms with Gasteiger partial charge >= 0.3 is 0 Å². The lowest BCUT2D eigenvalue weighted by molar-refractivity contribution is -0.113. The number of halogens is 1. The van der Waals surface area contributed by atoms with Crippen LogP contribution in [0.25, 0.3) is 5.69 Å². The highest BCUT2D eigenvalue weighted by molar-refractivity contribution is 7.99. The number of nitrogens with one attached hydrogen (secondary N) is 2. The summed E-state index contributed by atoms with van der Waals surface area (Å²) in [5.41, 5.74) is 1.66. The Labute approximate surface area is 211 Å². The van der Waals surface area contributed by atoms with E-state index in [1.165, 1.54) is 36.0 Å². The van der Waals surface area contributed by atoms with Crippen LogP contribution < -0.4 is 15.4 Å². The van der Waals surface area contributed by atoms with E-state index in [0.717, 1.165) is 11.4 Å². The average Bonchev–Trinajstić information content (AvgIpc) is 3.30. The normalized spacial score (nSPS) is 10.6. The van der Waals surface area contributed by atoms with Crippen LogP contribution in [0.3, 0.4) is 0 Å². The third-order valence-electron chi connectivity index (χ3n) is 4.99. The molecule has 0 atom stereocenters. The number of benzene rings is 3. The molecule has 2 amide bonds. The number of nitrogens with zero attached hydrogens (tertiary/aromatic N) is 3. The van der Waals surface area contributed by atoms with Crippen LogP contribution in [0.5, 0.6) is 5.75 Å². The second kappa shape index (κ2) is 12.0. The number of hydrogen-bond acceptors (Lipinski definition) is 6. The zero-order valence-electron chi connectivity index (χ0n) is 19.5. The van der Waals surface area contributed by atoms with Gasteiger partial charge < -0.3 is 15.4 Å². The third-order valence-corrected chi connectivity index (χ3v) is 5.92. The summed E-state index contributed by atoms with van der Waals surface area (Å²) in [5.74, 6) is 0.192. The summed E-state index contributed by atoms with van der Waals surface area (Å²) >= 11 is 1.22. The Morgan fingerprint density at radius 3 is 2.50 bits per heavy atom. The van der Waals surface area contributed by atoms with Gasteiger partial charge in [0.2, 0.25) is 5.91 Å². The van der Waals surface area contributed by atoms with Gasteiger partial charge in [0.15, 0.2) is 11.0 Å². The zero-order chi connectivity index (χ0) is 25.3. The standard InChI is InChI=1S/C26H24FN5O3S/c1-2-35-22-13-11-20(12-14-22)29-24(33)17-36-26-31-30-23(32(26)21-9-4-3-5-10-21)16-28-25(34)18-7-6-8-19(27)15-18/h3-15H,2,16-17H2,1H3,(H,28,34)(H,29,33). The van der Waals surface area contributed by atoms with E-state index in [4.69, 9.17) is 4.74 Å². The summed E-state index contributed by atoms with van der Waals surface area (Å²) in [4.78, 5) is 25.0. The molecule has 0 saturated carbocycles. The molecule has 0 bridgehead atoms. The fraction of sp³-hybridized carbons (Fsp3) is 0.154. The maximum atomic E-state index is 13.5. The van der Waals surface area contributed by atoms with Gasteiger partial charge in [-0.05, 0) is 61.5 Å². The van der Waals surface area contributed by atoms with Gasteiger partial charge in [-0.1, -0.05) is 36.0 Å². The number of aromatic nitrogens is 3. The van der Waals surface area contributed by atoms with Gasteiger partial charge in [0.1, 0.15) is 11.6 Å². The lowest BCUT2D eigenvalue weighted by Crippen LogP contribution is -2.24. The number of hydrogen-bond donors (Lipinski definition) is 2. The van der Waals surface area contributed by atoms with Crippen LogP contribution in [0.2, 0.25) is 0 Å². The van der Waals surface area contributed by atoms with Gasteiger partial charge in [-0.2, -0.15) is 0 Å². The van der Waals surface area contributed by atoms with Gasteiger partial charge in [-0.3, -0.25) is 14.2 Å². The van der Waals surface area contributed by atoms with E-state index in [0.29, 0.717) is 23.3 Å². The maximum Gasteiger partial charge on any atom is 0.251 e. The smallest absolute Gasteiger partial charge is 0.251 e. The molecule has 0 radical (unpaired) electrons. The van der Waals surface area contributed by atoms with Gasteiger partial charge in [0.05, 0.1) is 18.9 Å². The number of anilines is 1. The third kappa shape index (κ3) is 6.48. The fourth-order valence-corrected chi connectivity index (χ4v) is 4.13. The number of carbonyl (C=O) groups excluding carboxylic acids is 2. The first-order chi connectivity index (χ1) is 17.5. The Morgan fingerprint density at radius 2 is 1.78 bits per heavy atom. The van der Waals surface area contributed by atoms with E-state index in [9.17, 15) is 14.0 Å². The van der Waals surface area contributed by atoms with Crippen LogP contribution in [0.4, 0.5) is 10.1 Å². The molecular weight excluding hydrogens is 481 g/mol. The summed E-state index contributed by atoms with van der Waals surface area (Å²) in [6.45, 7) is 2.54. The Hall–Kier alpha value is -4.18. The summed E-state index contributed by atoms with van der Waals surface area (Å²) in [7, 11) is 0. The minimum absolute atomic E-state index is 0.0657. The molecule has 3 aromatic carbocycles. The molecule has 0 unspecified atom stereocenters. The Morgan fingerprint density at radius 1 is 1.00 bits per heavy atom. The molecule has 4 rings (SSSR count). The first-order valence-electron chi connectivity index (χ1n) is 11.2. The molecule has 10 heteroatoms. The highest BCUT2D eigenvalue weighted by Crippen LogP contribution is 2.23. The van der Waals surface area contributed by atoms with Crippen molar-refractivity contribution in [1.82, 2.24) is 20.1 Å². The topological polar surface area (TPSA) is 98.1 Å². The van der Waals surface area contributed by atoms with Crippen LogP contribution in [0, 0.1) is 5.82 Å². The summed E-state index contributed by atoms with van der Waals surface area (Å²) in [6, 6.07) is 22.0. The van der Waals surface area contributed by atoms with Crippen molar-refractivity contribution in [2.24, 2.45) is 0 Å². The van der Waals surface area contributed by atoms with Crippen molar-refractivity contribution in [2.45, 2.75) is 18.6 Å². The van der Waals surface area contributed by atoms with Crippen molar-refractivity contribution in [3.05, 3.63) is 96.1 Å². The number of rotatable bonds is 10. The molecule has 0 fully saturated rings. The first kappa shape index (κ1) is 24.9. The van der Waals surface area contributed by atoms with Crippen molar-refractivity contribution >= 4 is 29.3 Å². The minimum atomic E-state index is -0.489. The van der Waals surface area contributed by atoms with E-state index >= 15 is 0 Å². The van der Waals surface area contributed by atoms with Crippen LogP contribution in [0.15, 0.2) is 84.0 Å². The molecule has 36 heavy (non-hydrogen) atoms. The molecule has 0 aliphatic rings. The summed E-state index contributed by atoms with van der Waals surface area (Å²) in [6.07, 6.45) is 0. The number of para-hydroxylation sites is 1. The van der Waals surface area contributed by atoms with Gasteiger partial charge in [-0.15, -0.1) is 10.2 Å². The molecule has 1 heterocycles. The van der Waals surface area contributed by atoms with E-state index in [2.05, 4.69) is 20.8 Å². The van der Waals surface area contributed by atoms with E-state index < -0.39 is 11.7 Å². The van der Waals surface area contributed by atoms with Crippen molar-refractivity contribution in [3.63, 3.8) is 0 Å². The molecule has 0 saturated heterocycles. The molecule has 0 spiro atoms. The predicted molar refractivity (Wildman–Crippen MR) is 136 cm³/mol. The number of ether oxygens (including phenoxy) is 1. The Kier molecular flexibility index (Phi) is 8.30. The van der Waals surface area contributed by atoms with Gasteiger partial charge in [0, 0.05) is 16.9 Å². The van der Waals surface area contributed by atoms with Crippen LogP contribution in [-0.2, 0) is 11.3 Å². The molecule has 2 N–H and O–H groups in total. The second-order valence-corrected chi connectivity index (χ2v) is 8.50. The minimum Gasteiger partial charge on any atom is -0.494 e. The predicted octanol–water partition coefficient (Wildman–Crippen LogP) is 4.47. The molecule has 1 aromatic heterocycles. The molecular formula is C26H24FN5O3S. The SMILES string of the molecule is CCOc1ccc(NC(=O)CSc2nnc(CNC(=O)c3cccc(F)c3)n2-c2ccccc2)cc1. The van der Waals surface area contributed by atoms with Gasteiger partial charge in [0.25, 0.3) is 5.91 Å². The lowest BCUT2D eigenvalue weighted by atomic mass is 10.2. The summed E-state index contributed by atoms with van der Waals surface area (Å²) in [5, 5.41) is 14.6. The quantitative estimate of drug-likeness (QED) is 0.309. The van der Waals surface area contributed by atoms with Gasteiger partial charge in [-0.25, -0.2) is 4.39 Å². The van der Waals surface area contributed by atoms with Crippen molar-refractivity contribution < 1.29 is 18.7 Å². The maximum absolute atomic E-state index is 13.5. The molecule has 8 nitrogen and oxygen atoms in total. The number of thioether (sulfide) groups is 1. The van der Waals surface area contributed by atoms with Crippen LogP contribution in [-0.4, -0.2) is 38.9 Å². The monoisotopic (exact) mass is 505 g/mol. The molecule has 0 aliphatic carbocycles. The van der Waals surface area contributed by atoms with E-state index in [1.54, 1.807) is 28.8 Å². The average molecular weight is 506 g/mol. The first-order valence-corrected chi connectivity index (χ1v) is 12.2.